The molecule has 0 atom stereocenters. The van der Waals surface area contributed by atoms with Gasteiger partial charge in [0.2, 0.25) is 0 Å². The van der Waals surface area contributed by atoms with E-state index in [0.29, 0.717) is 6.04 Å². The molecular weight excluding hydrogens is 310 g/mol. The third kappa shape index (κ3) is 3.21. The molecule has 0 N–H and O–H groups in total. The summed E-state index contributed by atoms with van der Waals surface area (Å²) in [4.78, 5) is 2.42. The average Bonchev–Trinajstić information content (AvgIpc) is 2.39. The summed E-state index contributed by atoms with van der Waals surface area (Å²) in [5.74, 6) is 0.893. The minimum Gasteiger partial charge on any atom is -0.371 e. The quantitative estimate of drug-likeness (QED) is 0.684. The van der Waals surface area contributed by atoms with Gasteiger partial charge in [0.1, 0.15) is 0 Å². The van der Waals surface area contributed by atoms with Gasteiger partial charge in [0.05, 0.1) is 0 Å². The second-order valence-electron chi connectivity index (χ2n) is 5.43. The molecule has 1 nitrogen and oxygen atoms in total. The number of hydrogen-bond acceptors (Lipinski definition) is 1. The summed E-state index contributed by atoms with van der Waals surface area (Å²) in [5, 5.41) is 1.71. The van der Waals surface area contributed by atoms with E-state index in [0.717, 1.165) is 16.3 Å². The molecule has 0 aromatic heterocycles. The van der Waals surface area contributed by atoms with Gasteiger partial charge in [-0.05, 0) is 49.3 Å². The minimum atomic E-state index is 0.664. The third-order valence-electron chi connectivity index (χ3n) is 4.10. The van der Waals surface area contributed by atoms with Crippen molar-refractivity contribution < 1.29 is 0 Å². The van der Waals surface area contributed by atoms with Crippen molar-refractivity contribution in [1.29, 1.82) is 0 Å². The van der Waals surface area contributed by atoms with Crippen molar-refractivity contribution in [2.45, 2.75) is 44.0 Å². The number of anilines is 1. The maximum atomic E-state index is 6.14. The van der Waals surface area contributed by atoms with Crippen LogP contribution in [0.15, 0.2) is 18.2 Å². The Morgan fingerprint density at radius 1 is 1.28 bits per heavy atom. The molecule has 0 amide bonds. The molecule has 1 aliphatic carbocycles. The fourth-order valence-electron chi connectivity index (χ4n) is 2.80. The molecule has 0 unspecified atom stereocenters. The van der Waals surface area contributed by atoms with Gasteiger partial charge in [-0.15, -0.1) is 0 Å². The largest absolute Gasteiger partial charge is 0.371 e. The van der Waals surface area contributed by atoms with E-state index in [1.54, 1.807) is 0 Å². The van der Waals surface area contributed by atoms with Gasteiger partial charge in [-0.3, -0.25) is 0 Å². The SMILES string of the molecule is CC1CCC(N(C)c2cc(Cl)ccc2CBr)CC1. The van der Waals surface area contributed by atoms with Crippen molar-refractivity contribution in [1.82, 2.24) is 0 Å². The molecule has 3 heteroatoms. The van der Waals surface area contributed by atoms with Gasteiger partial charge in [-0.1, -0.05) is 40.5 Å². The van der Waals surface area contributed by atoms with Crippen LogP contribution in [0, 0.1) is 5.92 Å². The van der Waals surface area contributed by atoms with Crippen LogP contribution in [-0.4, -0.2) is 13.1 Å². The van der Waals surface area contributed by atoms with Crippen molar-refractivity contribution in [3.05, 3.63) is 28.8 Å². The number of halogens is 2. The standard InChI is InChI=1S/C15H21BrClN/c1-11-3-7-14(8-4-11)18(2)15-9-13(17)6-5-12(15)10-16/h5-6,9,11,14H,3-4,7-8,10H2,1-2H3. The van der Waals surface area contributed by atoms with Crippen LogP contribution in [0.5, 0.6) is 0 Å². The number of nitrogens with zero attached hydrogens (tertiary/aromatic N) is 1. The van der Waals surface area contributed by atoms with Gasteiger partial charge in [-0.25, -0.2) is 0 Å². The lowest BCUT2D eigenvalue weighted by Gasteiger charge is -2.36. The molecule has 0 radical (unpaired) electrons. The van der Waals surface area contributed by atoms with Gasteiger partial charge in [0, 0.05) is 29.1 Å². The molecule has 1 saturated carbocycles. The molecule has 100 valence electrons. The topological polar surface area (TPSA) is 3.24 Å². The van der Waals surface area contributed by atoms with Crippen LogP contribution in [0.2, 0.25) is 5.02 Å². The van der Waals surface area contributed by atoms with Gasteiger partial charge < -0.3 is 4.90 Å². The van der Waals surface area contributed by atoms with Crippen LogP contribution in [0.3, 0.4) is 0 Å². The summed E-state index contributed by atoms with van der Waals surface area (Å²) >= 11 is 9.70. The first-order valence-electron chi connectivity index (χ1n) is 6.69. The predicted octanol–water partition coefficient (Wildman–Crippen LogP) is 5.25. The molecule has 0 aliphatic heterocycles. The highest BCUT2D eigenvalue weighted by atomic mass is 79.9. The lowest BCUT2D eigenvalue weighted by Crippen LogP contribution is -2.35. The molecule has 1 aromatic carbocycles. The third-order valence-corrected chi connectivity index (χ3v) is 4.94. The molecule has 1 fully saturated rings. The molecule has 0 heterocycles. The summed E-state index contributed by atoms with van der Waals surface area (Å²) in [7, 11) is 2.21. The van der Waals surface area contributed by atoms with E-state index in [2.05, 4.69) is 46.9 Å². The summed E-state index contributed by atoms with van der Waals surface area (Å²) in [6, 6.07) is 6.85. The van der Waals surface area contributed by atoms with Crippen LogP contribution in [-0.2, 0) is 5.33 Å². The van der Waals surface area contributed by atoms with Gasteiger partial charge >= 0.3 is 0 Å². The maximum absolute atomic E-state index is 6.14. The molecule has 1 aliphatic rings. The molecule has 1 aromatic rings. The maximum Gasteiger partial charge on any atom is 0.0426 e. The fraction of sp³-hybridized carbons (Fsp3) is 0.600. The van der Waals surface area contributed by atoms with E-state index < -0.39 is 0 Å². The average molecular weight is 331 g/mol. The van der Waals surface area contributed by atoms with E-state index in [1.165, 1.54) is 36.9 Å². The Bertz CT molecular complexity index is 399. The van der Waals surface area contributed by atoms with E-state index >= 15 is 0 Å². The summed E-state index contributed by atoms with van der Waals surface area (Å²) in [6.45, 7) is 2.36. The second kappa shape index (κ2) is 6.29. The first kappa shape index (κ1) is 14.2. The second-order valence-corrected chi connectivity index (χ2v) is 6.43. The van der Waals surface area contributed by atoms with E-state index in [1.807, 2.05) is 6.07 Å². The Balaban J connectivity index is 2.17. The summed E-state index contributed by atoms with van der Waals surface area (Å²) in [5.41, 5.74) is 2.60. The molecule has 2 rings (SSSR count). The highest BCUT2D eigenvalue weighted by Gasteiger charge is 2.23. The number of rotatable bonds is 3. The lowest BCUT2D eigenvalue weighted by atomic mass is 9.86. The van der Waals surface area contributed by atoms with Crippen molar-refractivity contribution in [2.75, 3.05) is 11.9 Å². The fourth-order valence-corrected chi connectivity index (χ4v) is 3.45. The Hall–Kier alpha value is -0.210. The molecule has 0 spiro atoms. The Morgan fingerprint density at radius 2 is 1.94 bits per heavy atom. The first-order valence-corrected chi connectivity index (χ1v) is 8.19. The highest BCUT2D eigenvalue weighted by Crippen LogP contribution is 2.33. The lowest BCUT2D eigenvalue weighted by molar-refractivity contribution is 0.340. The van der Waals surface area contributed by atoms with Crippen LogP contribution in [0.25, 0.3) is 0 Å². The van der Waals surface area contributed by atoms with Crippen molar-refractivity contribution in [3.63, 3.8) is 0 Å². The highest BCUT2D eigenvalue weighted by molar-refractivity contribution is 9.08. The smallest absolute Gasteiger partial charge is 0.0426 e. The minimum absolute atomic E-state index is 0.664. The van der Waals surface area contributed by atoms with E-state index in [9.17, 15) is 0 Å². The van der Waals surface area contributed by atoms with Gasteiger partial charge in [0.15, 0.2) is 0 Å². The normalized spacial score (nSPS) is 24.0. The Kier molecular flexibility index (Phi) is 4.97. The van der Waals surface area contributed by atoms with Crippen LogP contribution < -0.4 is 4.90 Å². The Morgan fingerprint density at radius 3 is 2.56 bits per heavy atom. The molecule has 0 bridgehead atoms. The van der Waals surface area contributed by atoms with Crippen molar-refractivity contribution >= 4 is 33.2 Å². The molecule has 0 saturated heterocycles. The molecular formula is C15H21BrClN. The van der Waals surface area contributed by atoms with E-state index in [-0.39, 0.29) is 0 Å². The van der Waals surface area contributed by atoms with Crippen molar-refractivity contribution in [3.8, 4) is 0 Å². The van der Waals surface area contributed by atoms with Gasteiger partial charge in [0.25, 0.3) is 0 Å². The van der Waals surface area contributed by atoms with Gasteiger partial charge in [-0.2, -0.15) is 0 Å². The zero-order chi connectivity index (χ0) is 13.1. The monoisotopic (exact) mass is 329 g/mol. The number of benzene rings is 1. The van der Waals surface area contributed by atoms with E-state index in [4.69, 9.17) is 11.6 Å². The predicted molar refractivity (Wildman–Crippen MR) is 83.9 cm³/mol. The summed E-state index contributed by atoms with van der Waals surface area (Å²) in [6.07, 6.45) is 5.29. The van der Waals surface area contributed by atoms with Crippen LogP contribution >= 0.6 is 27.5 Å². The van der Waals surface area contributed by atoms with Crippen LogP contribution in [0.1, 0.15) is 38.2 Å². The van der Waals surface area contributed by atoms with Crippen LogP contribution in [0.4, 0.5) is 5.69 Å². The number of hydrogen-bond donors (Lipinski definition) is 0. The summed E-state index contributed by atoms with van der Waals surface area (Å²) < 4.78 is 0. The first-order chi connectivity index (χ1) is 8.61. The van der Waals surface area contributed by atoms with Crippen molar-refractivity contribution in [2.24, 2.45) is 5.92 Å². The molecule has 18 heavy (non-hydrogen) atoms. The zero-order valence-electron chi connectivity index (χ0n) is 11.1. The Labute approximate surface area is 124 Å². The number of alkyl halides is 1. The zero-order valence-corrected chi connectivity index (χ0v) is 13.5.